The number of carbonyl (C=O) groups is 1. The molecule has 0 heterocycles. The average Bonchev–Trinajstić information content (AvgIpc) is 1.97. The highest BCUT2D eigenvalue weighted by molar-refractivity contribution is 5.69. The number of aliphatic carboxylic acids is 1. The molecule has 0 amide bonds. The lowest BCUT2D eigenvalue weighted by Gasteiger charge is -2.04. The molecule has 3 heteroatoms. The lowest BCUT2D eigenvalue weighted by atomic mass is 10.0. The highest BCUT2D eigenvalue weighted by atomic mass is 16.4. The van der Waals surface area contributed by atoms with Gasteiger partial charge in [0, 0.05) is 0 Å². The van der Waals surface area contributed by atoms with Crippen molar-refractivity contribution in [2.75, 3.05) is 13.6 Å². The predicted octanol–water partition coefficient (Wildman–Crippen LogP) is 1.10. The van der Waals surface area contributed by atoms with Gasteiger partial charge in [-0.25, -0.2) is 0 Å². The van der Waals surface area contributed by atoms with Crippen LogP contribution in [0.4, 0.5) is 0 Å². The number of unbranched alkanes of at least 4 members (excludes halogenated alkanes) is 1. The zero-order chi connectivity index (χ0) is 8.69. The quantitative estimate of drug-likeness (QED) is 0.570. The Morgan fingerprint density at radius 2 is 2.18 bits per heavy atom. The molecule has 66 valence electrons. The van der Waals surface area contributed by atoms with Crippen LogP contribution >= 0.6 is 0 Å². The summed E-state index contributed by atoms with van der Waals surface area (Å²) >= 11 is 0. The van der Waals surface area contributed by atoms with Crippen molar-refractivity contribution in [3.8, 4) is 0 Å². The second-order valence-electron chi connectivity index (χ2n) is 2.84. The Kier molecular flexibility index (Phi) is 5.84. The molecule has 3 nitrogen and oxygen atoms in total. The molecule has 0 aromatic heterocycles. The lowest BCUT2D eigenvalue weighted by molar-refractivity contribution is -0.141. The third-order valence-electron chi connectivity index (χ3n) is 1.74. The molecule has 0 spiro atoms. The first-order valence-corrected chi connectivity index (χ1v) is 4.06. The molecule has 11 heavy (non-hydrogen) atoms. The van der Waals surface area contributed by atoms with Crippen molar-refractivity contribution in [3.05, 3.63) is 0 Å². The van der Waals surface area contributed by atoms with Crippen molar-refractivity contribution in [1.82, 2.24) is 5.32 Å². The van der Waals surface area contributed by atoms with Crippen LogP contribution in [-0.2, 0) is 4.79 Å². The zero-order valence-electron chi connectivity index (χ0n) is 7.26. The standard InChI is InChI=1S/C8H17NO2/c1-7(8(10)11)5-3-4-6-9-2/h7,9H,3-6H2,1-2H3,(H,10,11)/t7-/m0/s1. The summed E-state index contributed by atoms with van der Waals surface area (Å²) in [6, 6.07) is 0. The smallest absolute Gasteiger partial charge is 0.306 e. The fourth-order valence-electron chi connectivity index (χ4n) is 0.876. The Labute approximate surface area is 67.8 Å². The molecular weight excluding hydrogens is 142 g/mol. The zero-order valence-corrected chi connectivity index (χ0v) is 7.26. The van der Waals surface area contributed by atoms with Gasteiger partial charge in [0.1, 0.15) is 0 Å². The molecule has 0 aliphatic carbocycles. The first-order chi connectivity index (χ1) is 5.18. The number of carboxylic acids is 1. The maximum absolute atomic E-state index is 10.3. The first-order valence-electron chi connectivity index (χ1n) is 4.06. The summed E-state index contributed by atoms with van der Waals surface area (Å²) in [7, 11) is 1.90. The Balaban J connectivity index is 3.17. The molecule has 0 aromatic carbocycles. The Bertz CT molecular complexity index is 115. The maximum atomic E-state index is 10.3. The van der Waals surface area contributed by atoms with E-state index < -0.39 is 5.97 Å². The lowest BCUT2D eigenvalue weighted by Crippen LogP contribution is -2.11. The van der Waals surface area contributed by atoms with Crippen LogP contribution < -0.4 is 5.32 Å². The number of hydrogen-bond donors (Lipinski definition) is 2. The summed E-state index contributed by atoms with van der Waals surface area (Å²) in [6.45, 7) is 2.73. The van der Waals surface area contributed by atoms with E-state index in [1.807, 2.05) is 7.05 Å². The van der Waals surface area contributed by atoms with Gasteiger partial charge in [0.05, 0.1) is 5.92 Å². The Morgan fingerprint density at radius 1 is 1.55 bits per heavy atom. The first kappa shape index (κ1) is 10.4. The van der Waals surface area contributed by atoms with E-state index in [0.717, 1.165) is 25.8 Å². The Morgan fingerprint density at radius 3 is 2.64 bits per heavy atom. The fourth-order valence-corrected chi connectivity index (χ4v) is 0.876. The molecule has 0 aromatic rings. The molecule has 0 aliphatic rings. The molecule has 0 unspecified atom stereocenters. The van der Waals surface area contributed by atoms with Gasteiger partial charge in [-0.1, -0.05) is 13.3 Å². The van der Waals surface area contributed by atoms with Crippen molar-refractivity contribution >= 4 is 5.97 Å². The molecule has 0 radical (unpaired) electrons. The van der Waals surface area contributed by atoms with Crippen molar-refractivity contribution in [3.63, 3.8) is 0 Å². The number of carboxylic acid groups (broad SMARTS) is 1. The normalized spacial score (nSPS) is 12.9. The van der Waals surface area contributed by atoms with E-state index in [-0.39, 0.29) is 5.92 Å². The van der Waals surface area contributed by atoms with Crippen LogP contribution in [0.1, 0.15) is 26.2 Å². The van der Waals surface area contributed by atoms with Crippen LogP contribution in [0.3, 0.4) is 0 Å². The molecule has 0 rings (SSSR count). The third-order valence-corrected chi connectivity index (χ3v) is 1.74. The van der Waals surface area contributed by atoms with E-state index in [2.05, 4.69) is 5.32 Å². The van der Waals surface area contributed by atoms with Crippen LogP contribution in [0.5, 0.6) is 0 Å². The van der Waals surface area contributed by atoms with Crippen LogP contribution in [0.2, 0.25) is 0 Å². The van der Waals surface area contributed by atoms with Crippen molar-refractivity contribution in [2.24, 2.45) is 5.92 Å². The summed E-state index contributed by atoms with van der Waals surface area (Å²) < 4.78 is 0. The number of hydrogen-bond acceptors (Lipinski definition) is 2. The van der Waals surface area contributed by atoms with Gasteiger partial charge in [-0.3, -0.25) is 4.79 Å². The average molecular weight is 159 g/mol. The molecule has 0 aliphatic heterocycles. The molecule has 0 bridgehead atoms. The van der Waals surface area contributed by atoms with E-state index in [4.69, 9.17) is 5.11 Å². The molecule has 2 N–H and O–H groups in total. The van der Waals surface area contributed by atoms with Crippen molar-refractivity contribution in [2.45, 2.75) is 26.2 Å². The molecule has 0 saturated carbocycles. The van der Waals surface area contributed by atoms with Gasteiger partial charge in [0.2, 0.25) is 0 Å². The minimum Gasteiger partial charge on any atom is -0.481 e. The van der Waals surface area contributed by atoms with E-state index in [0.29, 0.717) is 0 Å². The summed E-state index contributed by atoms with van der Waals surface area (Å²) in [5.74, 6) is -0.874. The minimum atomic E-state index is -0.686. The fraction of sp³-hybridized carbons (Fsp3) is 0.875. The third kappa shape index (κ3) is 5.85. The summed E-state index contributed by atoms with van der Waals surface area (Å²) in [5, 5.41) is 11.5. The van der Waals surface area contributed by atoms with Crippen molar-refractivity contribution < 1.29 is 9.90 Å². The molecule has 1 atom stereocenters. The van der Waals surface area contributed by atoms with E-state index in [1.54, 1.807) is 6.92 Å². The van der Waals surface area contributed by atoms with Gasteiger partial charge in [-0.2, -0.15) is 0 Å². The van der Waals surface area contributed by atoms with Crippen molar-refractivity contribution in [1.29, 1.82) is 0 Å². The summed E-state index contributed by atoms with van der Waals surface area (Å²) in [4.78, 5) is 10.3. The van der Waals surface area contributed by atoms with Gasteiger partial charge in [0.25, 0.3) is 0 Å². The van der Waals surface area contributed by atoms with E-state index >= 15 is 0 Å². The predicted molar refractivity (Wildman–Crippen MR) is 44.6 cm³/mol. The second kappa shape index (κ2) is 6.16. The Hall–Kier alpha value is -0.570. The highest BCUT2D eigenvalue weighted by Gasteiger charge is 2.08. The monoisotopic (exact) mass is 159 g/mol. The topological polar surface area (TPSA) is 49.3 Å². The largest absolute Gasteiger partial charge is 0.481 e. The highest BCUT2D eigenvalue weighted by Crippen LogP contribution is 2.06. The van der Waals surface area contributed by atoms with Crippen LogP contribution in [0.15, 0.2) is 0 Å². The number of rotatable bonds is 6. The van der Waals surface area contributed by atoms with Crippen LogP contribution in [-0.4, -0.2) is 24.7 Å². The summed E-state index contributed by atoms with van der Waals surface area (Å²) in [6.07, 6.45) is 2.85. The van der Waals surface area contributed by atoms with Gasteiger partial charge in [0.15, 0.2) is 0 Å². The van der Waals surface area contributed by atoms with Gasteiger partial charge >= 0.3 is 5.97 Å². The molecule has 0 saturated heterocycles. The molecule has 0 fully saturated rings. The number of nitrogens with one attached hydrogen (secondary N) is 1. The van der Waals surface area contributed by atoms with Crippen LogP contribution in [0, 0.1) is 5.92 Å². The SMILES string of the molecule is CNCCCC[C@H](C)C(=O)O. The second-order valence-corrected chi connectivity index (χ2v) is 2.84. The van der Waals surface area contributed by atoms with Gasteiger partial charge in [-0.15, -0.1) is 0 Å². The van der Waals surface area contributed by atoms with Gasteiger partial charge in [-0.05, 0) is 26.4 Å². The molecular formula is C8H17NO2. The van der Waals surface area contributed by atoms with Gasteiger partial charge < -0.3 is 10.4 Å². The maximum Gasteiger partial charge on any atom is 0.306 e. The van der Waals surface area contributed by atoms with E-state index in [9.17, 15) is 4.79 Å². The summed E-state index contributed by atoms with van der Waals surface area (Å²) in [5.41, 5.74) is 0. The van der Waals surface area contributed by atoms with Crippen LogP contribution in [0.25, 0.3) is 0 Å². The minimum absolute atomic E-state index is 0.188. The van der Waals surface area contributed by atoms with E-state index in [1.165, 1.54) is 0 Å².